The van der Waals surface area contributed by atoms with Crippen molar-refractivity contribution in [3.63, 3.8) is 0 Å². The number of alkyl halides is 3. The van der Waals surface area contributed by atoms with Crippen LogP contribution in [-0.4, -0.2) is 22.0 Å². The fourth-order valence-corrected chi connectivity index (χ4v) is 4.33. The van der Waals surface area contributed by atoms with Crippen LogP contribution in [0, 0.1) is 23.4 Å². The quantitative estimate of drug-likeness (QED) is 0.339. The van der Waals surface area contributed by atoms with Crippen molar-refractivity contribution in [3.8, 4) is 11.4 Å². The van der Waals surface area contributed by atoms with Crippen molar-refractivity contribution >= 4 is 17.5 Å². The van der Waals surface area contributed by atoms with Crippen molar-refractivity contribution in [2.45, 2.75) is 51.6 Å². The average Bonchev–Trinajstić information content (AvgIpc) is 2.84. The van der Waals surface area contributed by atoms with Gasteiger partial charge in [0.15, 0.2) is 0 Å². The van der Waals surface area contributed by atoms with E-state index >= 15 is 4.39 Å². The number of amides is 1. The van der Waals surface area contributed by atoms with Crippen molar-refractivity contribution in [1.82, 2.24) is 15.3 Å². The number of benzene rings is 2. The summed E-state index contributed by atoms with van der Waals surface area (Å²) in [4.78, 5) is 30.0. The summed E-state index contributed by atoms with van der Waals surface area (Å²) < 4.78 is 89.8. The maximum Gasteiger partial charge on any atom is 0.417 e. The van der Waals surface area contributed by atoms with Crippen LogP contribution in [0.3, 0.4) is 0 Å². The van der Waals surface area contributed by atoms with Crippen LogP contribution in [0.5, 0.6) is 0 Å². The Bertz CT molecular complexity index is 1450. The Morgan fingerprint density at radius 2 is 1.82 bits per heavy atom. The largest absolute Gasteiger partial charge is 0.417 e. The summed E-state index contributed by atoms with van der Waals surface area (Å²) in [6, 6.07) is 5.66. The van der Waals surface area contributed by atoms with E-state index in [4.69, 9.17) is 16.3 Å². The van der Waals surface area contributed by atoms with Crippen LogP contribution >= 0.6 is 11.6 Å². The van der Waals surface area contributed by atoms with E-state index in [1.54, 1.807) is 0 Å². The molecule has 0 bridgehead atoms. The molecule has 0 aliphatic heterocycles. The molecule has 6 nitrogen and oxygen atoms in total. The molecule has 1 saturated carbocycles. The molecule has 1 fully saturated rings. The van der Waals surface area contributed by atoms with Crippen LogP contribution in [0.1, 0.15) is 42.1 Å². The predicted octanol–water partition coefficient (Wildman–Crippen LogP) is 5.70. The van der Waals surface area contributed by atoms with Crippen LogP contribution in [0.15, 0.2) is 35.1 Å². The van der Waals surface area contributed by atoms with E-state index in [0.717, 1.165) is 12.1 Å². The minimum atomic E-state index is -5.01. The van der Waals surface area contributed by atoms with Gasteiger partial charge >= 0.3 is 6.18 Å². The molecule has 208 valence electrons. The highest BCUT2D eigenvalue weighted by Gasteiger charge is 2.38. The minimum absolute atomic E-state index is 0.0131. The molecule has 1 amide bonds. The van der Waals surface area contributed by atoms with E-state index in [0.29, 0.717) is 24.5 Å². The Labute approximate surface area is 223 Å². The lowest BCUT2D eigenvalue weighted by Gasteiger charge is -2.34. The van der Waals surface area contributed by atoms with Gasteiger partial charge in [0.1, 0.15) is 17.5 Å². The number of halogens is 7. The fourth-order valence-electron chi connectivity index (χ4n) is 4.17. The van der Waals surface area contributed by atoms with Gasteiger partial charge in [-0.25, -0.2) is 13.8 Å². The topological polar surface area (TPSA) is 84.1 Å². The Kier molecular flexibility index (Phi) is 8.36. The standard InChI is InChI=1S/C26H22ClF6N3O3/c1-2-19-22(30)25(38)36-23(35-19)20-17(26(31,32)33)6-4-12(21(20)29)10-34-24(37)14-7-16(8-14)39-11-13-3-5-15(27)9-18(13)28/h3-6,9,14,16H,2,7-8,10-11H2,1H3,(H,34,37)(H,35,36,38). The molecule has 2 N–H and O–H groups in total. The third-order valence-electron chi connectivity index (χ3n) is 6.44. The molecule has 1 aromatic heterocycles. The summed E-state index contributed by atoms with van der Waals surface area (Å²) in [6.45, 7) is 0.980. The number of aromatic amines is 1. The van der Waals surface area contributed by atoms with Crippen LogP contribution in [0.2, 0.25) is 5.02 Å². The van der Waals surface area contributed by atoms with Gasteiger partial charge in [-0.1, -0.05) is 30.7 Å². The third kappa shape index (κ3) is 6.27. The molecule has 0 radical (unpaired) electrons. The molecule has 0 saturated heterocycles. The normalized spacial score (nSPS) is 17.1. The molecule has 2 aromatic carbocycles. The molecule has 39 heavy (non-hydrogen) atoms. The second kappa shape index (κ2) is 11.4. The smallest absolute Gasteiger partial charge is 0.373 e. The van der Waals surface area contributed by atoms with Gasteiger partial charge in [-0.05, 0) is 37.5 Å². The molecule has 1 aliphatic carbocycles. The van der Waals surface area contributed by atoms with Gasteiger partial charge in [0, 0.05) is 28.6 Å². The number of carbonyl (C=O) groups is 1. The minimum Gasteiger partial charge on any atom is -0.373 e. The number of H-pyrrole nitrogens is 1. The van der Waals surface area contributed by atoms with Crippen molar-refractivity contribution in [2.24, 2.45) is 5.92 Å². The molecule has 0 unspecified atom stereocenters. The van der Waals surface area contributed by atoms with Crippen LogP contribution in [-0.2, 0) is 35.3 Å². The highest BCUT2D eigenvalue weighted by Crippen LogP contribution is 2.38. The molecular weight excluding hydrogens is 552 g/mol. The highest BCUT2D eigenvalue weighted by atomic mass is 35.5. The zero-order valence-electron chi connectivity index (χ0n) is 20.4. The maximum atomic E-state index is 15.4. The zero-order chi connectivity index (χ0) is 28.5. The summed E-state index contributed by atoms with van der Waals surface area (Å²) in [5, 5.41) is 2.74. The Hall–Kier alpha value is -3.38. The molecule has 4 rings (SSSR count). The monoisotopic (exact) mass is 573 g/mol. The van der Waals surface area contributed by atoms with Gasteiger partial charge in [-0.3, -0.25) is 9.59 Å². The van der Waals surface area contributed by atoms with Crippen molar-refractivity contribution < 1.29 is 35.9 Å². The lowest BCUT2D eigenvalue weighted by atomic mass is 9.81. The predicted molar refractivity (Wildman–Crippen MR) is 129 cm³/mol. The first-order chi connectivity index (χ1) is 18.4. The molecule has 0 atom stereocenters. The van der Waals surface area contributed by atoms with Gasteiger partial charge in [0.25, 0.3) is 5.56 Å². The van der Waals surface area contributed by atoms with Gasteiger partial charge in [0.2, 0.25) is 11.7 Å². The van der Waals surface area contributed by atoms with Gasteiger partial charge in [-0.2, -0.15) is 17.6 Å². The molecule has 3 aromatic rings. The first-order valence-electron chi connectivity index (χ1n) is 11.9. The van der Waals surface area contributed by atoms with Crippen molar-refractivity contribution in [3.05, 3.63) is 85.5 Å². The average molecular weight is 574 g/mol. The van der Waals surface area contributed by atoms with E-state index in [1.807, 2.05) is 4.98 Å². The van der Waals surface area contributed by atoms with E-state index in [-0.39, 0.29) is 29.7 Å². The number of ether oxygens (including phenoxy) is 1. The van der Waals surface area contributed by atoms with Crippen LogP contribution < -0.4 is 10.9 Å². The number of aromatic nitrogens is 2. The van der Waals surface area contributed by atoms with E-state index in [2.05, 4.69) is 10.3 Å². The number of rotatable bonds is 8. The SMILES string of the molecule is CCc1nc(-c2c(C(F)(F)F)ccc(CNC(=O)C3CC(OCc4ccc(Cl)cc4F)C3)c2F)[nH]c(=O)c1F. The Morgan fingerprint density at radius 1 is 1.13 bits per heavy atom. The number of nitrogens with zero attached hydrogens (tertiary/aromatic N) is 1. The van der Waals surface area contributed by atoms with E-state index < -0.39 is 70.2 Å². The first kappa shape index (κ1) is 28.6. The molecular formula is C26H22ClF6N3O3. The van der Waals surface area contributed by atoms with Gasteiger partial charge < -0.3 is 15.0 Å². The van der Waals surface area contributed by atoms with Crippen LogP contribution in [0.25, 0.3) is 11.4 Å². The summed E-state index contributed by atoms with van der Waals surface area (Å²) >= 11 is 5.72. The molecule has 1 aliphatic rings. The second-order valence-electron chi connectivity index (χ2n) is 9.04. The Balaban J connectivity index is 1.44. The molecule has 1 heterocycles. The lowest BCUT2D eigenvalue weighted by molar-refractivity contribution is -0.137. The highest BCUT2D eigenvalue weighted by molar-refractivity contribution is 6.30. The van der Waals surface area contributed by atoms with Gasteiger partial charge in [-0.15, -0.1) is 0 Å². The van der Waals surface area contributed by atoms with Crippen molar-refractivity contribution in [2.75, 3.05) is 0 Å². The summed E-state index contributed by atoms with van der Waals surface area (Å²) in [6.07, 6.45) is -4.78. The fraction of sp³-hybridized carbons (Fsp3) is 0.346. The number of hydrogen-bond donors (Lipinski definition) is 2. The lowest BCUT2D eigenvalue weighted by Crippen LogP contribution is -2.42. The summed E-state index contributed by atoms with van der Waals surface area (Å²) in [7, 11) is 0. The number of hydrogen-bond acceptors (Lipinski definition) is 4. The van der Waals surface area contributed by atoms with E-state index in [1.165, 1.54) is 19.1 Å². The first-order valence-corrected chi connectivity index (χ1v) is 12.3. The molecule has 0 spiro atoms. The summed E-state index contributed by atoms with van der Waals surface area (Å²) in [5.74, 6) is -4.85. The third-order valence-corrected chi connectivity index (χ3v) is 6.67. The second-order valence-corrected chi connectivity index (χ2v) is 9.48. The van der Waals surface area contributed by atoms with Crippen molar-refractivity contribution in [1.29, 1.82) is 0 Å². The number of nitrogens with one attached hydrogen (secondary N) is 2. The van der Waals surface area contributed by atoms with Gasteiger partial charge in [0.05, 0.1) is 29.5 Å². The number of aryl methyl sites for hydroxylation is 1. The summed E-state index contributed by atoms with van der Waals surface area (Å²) in [5.41, 5.74) is -4.19. The molecule has 13 heteroatoms. The Morgan fingerprint density at radius 3 is 2.46 bits per heavy atom. The zero-order valence-corrected chi connectivity index (χ0v) is 21.2. The number of carbonyl (C=O) groups excluding carboxylic acids is 1. The van der Waals surface area contributed by atoms with Crippen LogP contribution in [0.4, 0.5) is 26.3 Å². The van der Waals surface area contributed by atoms with E-state index in [9.17, 15) is 31.5 Å². The maximum absolute atomic E-state index is 15.4.